The van der Waals surface area contributed by atoms with Crippen molar-refractivity contribution in [2.75, 3.05) is 0 Å². The Bertz CT molecular complexity index is 563. The molecular formula is C13H16FN3. The van der Waals surface area contributed by atoms with Crippen LogP contribution in [0.2, 0.25) is 0 Å². The number of nitrogens with one attached hydrogen (secondary N) is 1. The van der Waals surface area contributed by atoms with Crippen LogP contribution in [0.25, 0.3) is 11.0 Å². The van der Waals surface area contributed by atoms with Gasteiger partial charge in [0, 0.05) is 11.5 Å². The van der Waals surface area contributed by atoms with Gasteiger partial charge in [0.2, 0.25) is 0 Å². The standard InChI is InChI=1S/C13H16FN3/c1-13(7-3-6-10(13)15)12-16-9-5-2-4-8(14)11(9)17-12/h2,4-5,10H,3,6-7,15H2,1H3,(H,16,17). The third-order valence-corrected chi connectivity index (χ3v) is 4.03. The van der Waals surface area contributed by atoms with Gasteiger partial charge in [0.05, 0.1) is 5.52 Å². The molecule has 1 heterocycles. The van der Waals surface area contributed by atoms with Crippen LogP contribution in [0.15, 0.2) is 18.2 Å². The molecule has 0 aliphatic heterocycles. The van der Waals surface area contributed by atoms with Gasteiger partial charge in [-0.15, -0.1) is 0 Å². The highest BCUT2D eigenvalue weighted by Crippen LogP contribution is 2.39. The summed E-state index contributed by atoms with van der Waals surface area (Å²) in [5, 5.41) is 0. The number of fused-ring (bicyclic) bond motifs is 1. The average molecular weight is 233 g/mol. The predicted octanol–water partition coefficient (Wildman–Crippen LogP) is 2.47. The van der Waals surface area contributed by atoms with Crippen LogP contribution in [-0.2, 0) is 5.41 Å². The third-order valence-electron chi connectivity index (χ3n) is 4.03. The van der Waals surface area contributed by atoms with Crippen LogP contribution < -0.4 is 5.73 Å². The molecule has 1 aromatic heterocycles. The number of nitrogens with zero attached hydrogens (tertiary/aromatic N) is 1. The molecule has 0 bridgehead atoms. The Kier molecular flexibility index (Phi) is 2.23. The summed E-state index contributed by atoms with van der Waals surface area (Å²) in [5.74, 6) is 0.544. The lowest BCUT2D eigenvalue weighted by atomic mass is 9.84. The number of imidazole rings is 1. The van der Waals surface area contributed by atoms with E-state index in [1.54, 1.807) is 6.07 Å². The maximum absolute atomic E-state index is 13.6. The average Bonchev–Trinajstić information content (AvgIpc) is 2.86. The van der Waals surface area contributed by atoms with Gasteiger partial charge in [-0.3, -0.25) is 0 Å². The molecule has 4 heteroatoms. The fourth-order valence-corrected chi connectivity index (χ4v) is 2.75. The smallest absolute Gasteiger partial charge is 0.151 e. The van der Waals surface area contributed by atoms with Gasteiger partial charge in [-0.2, -0.15) is 0 Å². The van der Waals surface area contributed by atoms with E-state index in [2.05, 4.69) is 16.9 Å². The van der Waals surface area contributed by atoms with E-state index in [0.29, 0.717) is 5.52 Å². The molecular weight excluding hydrogens is 217 g/mol. The van der Waals surface area contributed by atoms with Crippen molar-refractivity contribution in [2.45, 2.75) is 37.6 Å². The number of hydrogen-bond acceptors (Lipinski definition) is 2. The molecule has 1 fully saturated rings. The minimum Gasteiger partial charge on any atom is -0.341 e. The second-order valence-corrected chi connectivity index (χ2v) is 5.14. The number of aromatic nitrogens is 2. The van der Waals surface area contributed by atoms with Gasteiger partial charge in [0.1, 0.15) is 11.3 Å². The van der Waals surface area contributed by atoms with E-state index in [-0.39, 0.29) is 17.3 Å². The fourth-order valence-electron chi connectivity index (χ4n) is 2.75. The van der Waals surface area contributed by atoms with Gasteiger partial charge < -0.3 is 10.7 Å². The van der Waals surface area contributed by atoms with Crippen molar-refractivity contribution in [3.05, 3.63) is 29.8 Å². The van der Waals surface area contributed by atoms with Crippen LogP contribution in [0.1, 0.15) is 32.0 Å². The van der Waals surface area contributed by atoms with Crippen molar-refractivity contribution in [3.8, 4) is 0 Å². The highest BCUT2D eigenvalue weighted by atomic mass is 19.1. The molecule has 2 aromatic rings. The lowest BCUT2D eigenvalue weighted by Crippen LogP contribution is -2.39. The van der Waals surface area contributed by atoms with Gasteiger partial charge in [0.15, 0.2) is 5.82 Å². The summed E-state index contributed by atoms with van der Waals surface area (Å²) in [4.78, 5) is 7.62. The first-order valence-electron chi connectivity index (χ1n) is 6.01. The Morgan fingerprint density at radius 2 is 2.35 bits per heavy atom. The van der Waals surface area contributed by atoms with Gasteiger partial charge in [-0.05, 0) is 25.0 Å². The van der Waals surface area contributed by atoms with Crippen molar-refractivity contribution < 1.29 is 4.39 Å². The van der Waals surface area contributed by atoms with Crippen molar-refractivity contribution in [1.29, 1.82) is 0 Å². The summed E-state index contributed by atoms with van der Waals surface area (Å²) >= 11 is 0. The van der Waals surface area contributed by atoms with Crippen LogP contribution in [0.5, 0.6) is 0 Å². The molecule has 0 saturated heterocycles. The van der Waals surface area contributed by atoms with Crippen molar-refractivity contribution in [2.24, 2.45) is 5.73 Å². The van der Waals surface area contributed by atoms with Crippen LogP contribution in [-0.4, -0.2) is 16.0 Å². The number of hydrogen-bond donors (Lipinski definition) is 2. The zero-order valence-corrected chi connectivity index (χ0v) is 9.83. The van der Waals surface area contributed by atoms with Gasteiger partial charge in [-0.1, -0.05) is 19.4 Å². The molecule has 90 valence electrons. The number of halogens is 1. The van der Waals surface area contributed by atoms with Crippen molar-refractivity contribution >= 4 is 11.0 Å². The van der Waals surface area contributed by atoms with E-state index in [0.717, 1.165) is 30.6 Å². The Labute approximate surface area is 99.2 Å². The molecule has 3 nitrogen and oxygen atoms in total. The van der Waals surface area contributed by atoms with E-state index in [9.17, 15) is 4.39 Å². The van der Waals surface area contributed by atoms with Crippen LogP contribution in [0.3, 0.4) is 0 Å². The molecule has 1 saturated carbocycles. The second-order valence-electron chi connectivity index (χ2n) is 5.14. The SMILES string of the molecule is CC1(c2nc3c(F)cccc3[nH]2)CCCC1N. The Hall–Kier alpha value is -1.42. The maximum atomic E-state index is 13.6. The summed E-state index contributed by atoms with van der Waals surface area (Å²) in [7, 11) is 0. The first-order valence-corrected chi connectivity index (χ1v) is 6.01. The topological polar surface area (TPSA) is 54.7 Å². The zero-order chi connectivity index (χ0) is 12.0. The quantitative estimate of drug-likeness (QED) is 0.795. The largest absolute Gasteiger partial charge is 0.341 e. The Balaban J connectivity index is 2.15. The number of para-hydroxylation sites is 1. The molecule has 0 radical (unpaired) electrons. The summed E-state index contributed by atoms with van der Waals surface area (Å²) in [6.45, 7) is 2.11. The molecule has 1 aromatic carbocycles. The molecule has 0 spiro atoms. The minimum atomic E-state index is -0.278. The maximum Gasteiger partial charge on any atom is 0.151 e. The molecule has 0 amide bonds. The normalized spacial score (nSPS) is 29.0. The first kappa shape index (κ1) is 10.7. The number of rotatable bonds is 1. The van der Waals surface area contributed by atoms with Crippen molar-refractivity contribution in [1.82, 2.24) is 9.97 Å². The molecule has 3 rings (SSSR count). The second kappa shape index (κ2) is 3.53. The molecule has 3 N–H and O–H groups in total. The lowest BCUT2D eigenvalue weighted by Gasteiger charge is -2.26. The van der Waals surface area contributed by atoms with E-state index in [1.807, 2.05) is 6.07 Å². The fraction of sp³-hybridized carbons (Fsp3) is 0.462. The molecule has 2 atom stereocenters. The predicted molar refractivity (Wildman–Crippen MR) is 65.2 cm³/mol. The van der Waals surface area contributed by atoms with Crippen LogP contribution in [0.4, 0.5) is 4.39 Å². The number of benzene rings is 1. The van der Waals surface area contributed by atoms with Crippen LogP contribution >= 0.6 is 0 Å². The summed E-state index contributed by atoms with van der Waals surface area (Å²) in [6, 6.07) is 5.07. The van der Waals surface area contributed by atoms with Crippen LogP contribution in [0, 0.1) is 5.82 Å². The Morgan fingerprint density at radius 1 is 1.53 bits per heavy atom. The van der Waals surface area contributed by atoms with E-state index < -0.39 is 0 Å². The summed E-state index contributed by atoms with van der Waals surface area (Å²) < 4.78 is 13.6. The molecule has 2 unspecified atom stereocenters. The number of nitrogens with two attached hydrogens (primary N) is 1. The zero-order valence-electron chi connectivity index (χ0n) is 9.83. The minimum absolute atomic E-state index is 0.103. The summed E-state index contributed by atoms with van der Waals surface area (Å²) in [6.07, 6.45) is 3.13. The molecule has 17 heavy (non-hydrogen) atoms. The highest BCUT2D eigenvalue weighted by Gasteiger charge is 2.40. The summed E-state index contributed by atoms with van der Waals surface area (Å²) in [5.41, 5.74) is 7.17. The lowest BCUT2D eigenvalue weighted by molar-refractivity contribution is 0.408. The third kappa shape index (κ3) is 1.47. The van der Waals surface area contributed by atoms with Gasteiger partial charge in [0.25, 0.3) is 0 Å². The van der Waals surface area contributed by atoms with Gasteiger partial charge in [-0.25, -0.2) is 9.37 Å². The number of aromatic amines is 1. The highest BCUT2D eigenvalue weighted by molar-refractivity contribution is 5.75. The van der Waals surface area contributed by atoms with E-state index in [1.165, 1.54) is 6.07 Å². The first-order chi connectivity index (χ1) is 8.11. The molecule has 1 aliphatic rings. The monoisotopic (exact) mass is 233 g/mol. The van der Waals surface area contributed by atoms with E-state index in [4.69, 9.17) is 5.73 Å². The van der Waals surface area contributed by atoms with Crippen molar-refractivity contribution in [3.63, 3.8) is 0 Å². The Morgan fingerprint density at radius 3 is 3.00 bits per heavy atom. The molecule has 1 aliphatic carbocycles. The van der Waals surface area contributed by atoms with E-state index >= 15 is 0 Å². The number of H-pyrrole nitrogens is 1. The van der Waals surface area contributed by atoms with Gasteiger partial charge >= 0.3 is 0 Å².